The van der Waals surface area contributed by atoms with Gasteiger partial charge in [-0.15, -0.1) is 0 Å². The number of anilines is 1. The Morgan fingerprint density at radius 3 is 2.19 bits per heavy atom. The lowest BCUT2D eigenvalue weighted by atomic mass is 9.95. The molecule has 2 saturated heterocycles. The van der Waals surface area contributed by atoms with Gasteiger partial charge in [0.05, 0.1) is 11.8 Å². The molecule has 2 aliphatic heterocycles. The summed E-state index contributed by atoms with van der Waals surface area (Å²) in [5.74, 6) is -8.51. The van der Waals surface area contributed by atoms with Crippen LogP contribution in [0.25, 0.3) is 0 Å². The van der Waals surface area contributed by atoms with Crippen LogP contribution < -0.4 is 10.0 Å². The zero-order valence-corrected chi connectivity index (χ0v) is 20.3. The fourth-order valence-corrected chi connectivity index (χ4v) is 5.82. The molecule has 0 spiro atoms. The van der Waals surface area contributed by atoms with Crippen LogP contribution in [-0.4, -0.2) is 49.5 Å². The minimum Gasteiger partial charge on any atom is -0.331 e. The summed E-state index contributed by atoms with van der Waals surface area (Å²) in [5, 5.41) is 2.44. The summed E-state index contributed by atoms with van der Waals surface area (Å²) in [6, 6.07) is 4.42. The molecule has 2 amide bonds. The molecule has 0 aromatic heterocycles. The number of halogens is 4. The average molecular weight is 528 g/mol. The summed E-state index contributed by atoms with van der Waals surface area (Å²) >= 11 is 0. The Labute approximate surface area is 205 Å². The van der Waals surface area contributed by atoms with E-state index in [4.69, 9.17) is 0 Å². The fourth-order valence-electron chi connectivity index (χ4n) is 5.02. The van der Waals surface area contributed by atoms with Crippen LogP contribution in [0.3, 0.4) is 0 Å². The van der Waals surface area contributed by atoms with Crippen LogP contribution >= 0.6 is 0 Å². The molecule has 0 radical (unpaired) electrons. The third-order valence-corrected chi connectivity index (χ3v) is 7.36. The zero-order valence-electron chi connectivity index (χ0n) is 19.5. The molecule has 0 saturated carbocycles. The molecule has 2 N–H and O–H groups in total. The Kier molecular flexibility index (Phi) is 6.86. The van der Waals surface area contributed by atoms with Gasteiger partial charge in [-0.05, 0) is 74.6 Å². The van der Waals surface area contributed by atoms with Crippen molar-refractivity contribution in [3.63, 3.8) is 0 Å². The Morgan fingerprint density at radius 2 is 1.61 bits per heavy atom. The molecule has 7 nitrogen and oxygen atoms in total. The van der Waals surface area contributed by atoms with E-state index in [0.29, 0.717) is 25.0 Å². The van der Waals surface area contributed by atoms with Crippen molar-refractivity contribution < 1.29 is 35.6 Å². The number of nitrogens with zero attached hydrogens (tertiary/aromatic N) is 1. The Hall–Kier alpha value is -2.99. The van der Waals surface area contributed by atoms with Crippen LogP contribution in [0.5, 0.6) is 0 Å². The summed E-state index contributed by atoms with van der Waals surface area (Å²) in [6.45, 7) is 1.49. The molecule has 4 rings (SSSR count). The maximum atomic E-state index is 15.4. The van der Waals surface area contributed by atoms with Crippen molar-refractivity contribution in [3.8, 4) is 0 Å². The number of rotatable bonds is 6. The minimum atomic E-state index is -4.26. The van der Waals surface area contributed by atoms with Gasteiger partial charge in [0.1, 0.15) is 11.6 Å². The smallest absolute Gasteiger partial charge is 0.331 e. The van der Waals surface area contributed by atoms with E-state index in [2.05, 4.69) is 10.0 Å². The van der Waals surface area contributed by atoms with Crippen LogP contribution in [0.1, 0.15) is 47.2 Å². The second-order valence-corrected chi connectivity index (χ2v) is 11.1. The van der Waals surface area contributed by atoms with Gasteiger partial charge < -0.3 is 10.2 Å². The lowest BCUT2D eigenvalue weighted by Gasteiger charge is -2.40. The lowest BCUT2D eigenvalue weighted by molar-refractivity contribution is -0.164. The van der Waals surface area contributed by atoms with Crippen LogP contribution in [0.4, 0.5) is 23.2 Å². The summed E-state index contributed by atoms with van der Waals surface area (Å²) in [6.07, 6.45) is 2.21. The molecule has 2 aromatic rings. The largest absolute Gasteiger partial charge is 0.352 e. The number of fused-ring (bicyclic) bond motifs is 2. The highest BCUT2D eigenvalue weighted by Crippen LogP contribution is 2.41. The molecule has 2 bridgehead atoms. The average Bonchev–Trinajstić information content (AvgIpc) is 3.04. The first-order chi connectivity index (χ1) is 16.8. The van der Waals surface area contributed by atoms with Crippen molar-refractivity contribution in [1.29, 1.82) is 0 Å². The maximum Gasteiger partial charge on any atom is 0.352 e. The number of alkyl halides is 2. The number of aryl methyl sites for hydroxylation is 1. The van der Waals surface area contributed by atoms with E-state index in [1.807, 2.05) is 0 Å². The molecule has 2 heterocycles. The quantitative estimate of drug-likeness (QED) is 0.561. The van der Waals surface area contributed by atoms with Gasteiger partial charge in [-0.1, -0.05) is 0 Å². The van der Waals surface area contributed by atoms with Crippen molar-refractivity contribution in [2.24, 2.45) is 0 Å². The molecule has 2 aromatic carbocycles. The van der Waals surface area contributed by atoms with Gasteiger partial charge in [0, 0.05) is 29.4 Å². The van der Waals surface area contributed by atoms with Crippen LogP contribution in [0.15, 0.2) is 36.4 Å². The van der Waals surface area contributed by atoms with Gasteiger partial charge in [-0.2, -0.15) is 8.78 Å². The number of hydrogen-bond acceptors (Lipinski definition) is 4. The second-order valence-electron chi connectivity index (χ2n) is 9.34. The molecular weight excluding hydrogens is 502 g/mol. The summed E-state index contributed by atoms with van der Waals surface area (Å²) < 4.78 is 84.4. The highest BCUT2D eigenvalue weighted by atomic mass is 32.2. The van der Waals surface area contributed by atoms with E-state index in [1.165, 1.54) is 19.1 Å². The van der Waals surface area contributed by atoms with E-state index >= 15 is 8.78 Å². The summed E-state index contributed by atoms with van der Waals surface area (Å²) in [7, 11) is -3.51. The molecule has 0 aliphatic carbocycles. The topological polar surface area (TPSA) is 95.6 Å². The third-order valence-electron chi connectivity index (χ3n) is 6.60. The fraction of sp³-hybridized carbons (Fsp3) is 0.417. The SMILES string of the molecule is Cc1cc(NC(=O)c2ccc(F)c(C(F)(F)C(=O)N3[C@@H]4CC[C@H]3C[C@H](NS(C)(=O)=O)C4)c2)ccc1F. The van der Waals surface area contributed by atoms with Gasteiger partial charge >= 0.3 is 5.92 Å². The van der Waals surface area contributed by atoms with Crippen LogP contribution in [-0.2, 0) is 20.7 Å². The summed E-state index contributed by atoms with van der Waals surface area (Å²) in [4.78, 5) is 26.7. The normalized spacial score (nSPS) is 21.9. The van der Waals surface area contributed by atoms with Gasteiger partial charge in [0.15, 0.2) is 0 Å². The van der Waals surface area contributed by atoms with Crippen LogP contribution in [0.2, 0.25) is 0 Å². The van der Waals surface area contributed by atoms with E-state index in [1.54, 1.807) is 0 Å². The molecular formula is C24H25F4N3O4S. The monoisotopic (exact) mass is 527 g/mol. The number of carbonyl (C=O) groups excluding carboxylic acids is 2. The van der Waals surface area contributed by atoms with Crippen molar-refractivity contribution >= 4 is 27.5 Å². The van der Waals surface area contributed by atoms with E-state index in [-0.39, 0.29) is 29.7 Å². The number of carbonyl (C=O) groups is 2. The first-order valence-electron chi connectivity index (χ1n) is 11.3. The van der Waals surface area contributed by atoms with Crippen molar-refractivity contribution in [2.45, 2.75) is 56.7 Å². The lowest BCUT2D eigenvalue weighted by Crippen LogP contribution is -2.55. The predicted molar refractivity (Wildman–Crippen MR) is 124 cm³/mol. The number of piperidine rings is 1. The first-order valence-corrected chi connectivity index (χ1v) is 13.2. The van der Waals surface area contributed by atoms with Gasteiger partial charge in [0.2, 0.25) is 10.0 Å². The zero-order chi connectivity index (χ0) is 26.4. The van der Waals surface area contributed by atoms with E-state index in [9.17, 15) is 26.8 Å². The third kappa shape index (κ3) is 5.24. The predicted octanol–water partition coefficient (Wildman–Crippen LogP) is 3.69. The van der Waals surface area contributed by atoms with Gasteiger partial charge in [-0.3, -0.25) is 9.59 Å². The molecule has 36 heavy (non-hydrogen) atoms. The number of hydrogen-bond donors (Lipinski definition) is 2. The number of amides is 2. The first kappa shape index (κ1) is 26.1. The highest BCUT2D eigenvalue weighted by Gasteiger charge is 2.53. The maximum absolute atomic E-state index is 15.4. The van der Waals surface area contributed by atoms with Crippen molar-refractivity contribution in [3.05, 3.63) is 64.7 Å². The molecule has 194 valence electrons. The van der Waals surface area contributed by atoms with Crippen LogP contribution in [0, 0.1) is 18.6 Å². The molecule has 0 unspecified atom stereocenters. The van der Waals surface area contributed by atoms with Gasteiger partial charge in [-0.25, -0.2) is 21.9 Å². The molecule has 12 heteroatoms. The van der Waals surface area contributed by atoms with E-state index in [0.717, 1.165) is 23.3 Å². The summed E-state index contributed by atoms with van der Waals surface area (Å²) in [5.41, 5.74) is -1.06. The Bertz CT molecular complexity index is 1300. The van der Waals surface area contributed by atoms with Gasteiger partial charge in [0.25, 0.3) is 11.8 Å². The molecule has 2 fully saturated rings. The second kappa shape index (κ2) is 9.47. The molecule has 2 aliphatic rings. The van der Waals surface area contributed by atoms with Crippen molar-refractivity contribution in [1.82, 2.24) is 9.62 Å². The highest BCUT2D eigenvalue weighted by molar-refractivity contribution is 7.88. The van der Waals surface area contributed by atoms with E-state index < -0.39 is 63.1 Å². The number of nitrogens with one attached hydrogen (secondary N) is 2. The molecule has 3 atom stereocenters. The van der Waals surface area contributed by atoms with Crippen molar-refractivity contribution in [2.75, 3.05) is 11.6 Å². The Morgan fingerprint density at radius 1 is 1.00 bits per heavy atom. The Balaban J connectivity index is 1.55. The minimum absolute atomic E-state index is 0.174. The standard InChI is InChI=1S/C24H25F4N3O4S/c1-13-9-15(4-8-20(13)25)29-22(32)14-3-7-21(26)19(10-14)24(27,28)23(33)31-17-5-6-18(31)12-16(11-17)30-36(2,34)35/h3-4,7-10,16-18,30H,5-6,11-12H2,1-2H3,(H,29,32)/t16-,17-,18+. The number of sulfonamides is 1. The number of benzene rings is 2.